The molecule has 0 aliphatic carbocycles. The summed E-state index contributed by atoms with van der Waals surface area (Å²) in [6, 6.07) is 1.85. The van der Waals surface area contributed by atoms with E-state index >= 15 is 0 Å². The van der Waals surface area contributed by atoms with Crippen molar-refractivity contribution < 1.29 is 4.92 Å². The maximum Gasteiger partial charge on any atom is 0.274 e. The largest absolute Gasteiger partial charge is 0.365 e. The van der Waals surface area contributed by atoms with Gasteiger partial charge >= 0.3 is 0 Å². The van der Waals surface area contributed by atoms with E-state index in [0.29, 0.717) is 12.4 Å². The quantitative estimate of drug-likeness (QED) is 0.535. The third-order valence-electron chi connectivity index (χ3n) is 2.18. The van der Waals surface area contributed by atoms with Gasteiger partial charge in [-0.1, -0.05) is 0 Å². The van der Waals surface area contributed by atoms with E-state index in [4.69, 9.17) is 0 Å². The zero-order chi connectivity index (χ0) is 10.7. The first-order chi connectivity index (χ1) is 7.25. The number of aromatic amines is 1. The molecule has 0 unspecified atom stereocenters. The molecule has 1 aromatic heterocycles. The number of nitrogens with one attached hydrogen (secondary N) is 2. The Balaban J connectivity index is 2.05. The minimum absolute atomic E-state index is 0.451. The minimum atomic E-state index is -0.451. The molecule has 1 aliphatic rings. The van der Waals surface area contributed by atoms with Gasteiger partial charge in [-0.05, 0) is 6.07 Å². The summed E-state index contributed by atoms with van der Waals surface area (Å²) < 4.78 is 0. The van der Waals surface area contributed by atoms with Crippen LogP contribution >= 0.6 is 0 Å². The molecule has 0 aromatic carbocycles. The van der Waals surface area contributed by atoms with E-state index in [0.717, 1.165) is 25.0 Å². The standard InChI is InChI=1S/C8H11N5O2/c14-13(15)6-8-9-3-4-12(8)5-7-1-2-10-11-7/h1-2,6,9H,3-5H2,(H,10,11)/b8-6+. The Morgan fingerprint density at radius 1 is 1.73 bits per heavy atom. The maximum absolute atomic E-state index is 10.3. The number of aromatic nitrogens is 2. The van der Waals surface area contributed by atoms with E-state index in [1.807, 2.05) is 11.0 Å². The van der Waals surface area contributed by atoms with Crippen LogP contribution < -0.4 is 5.32 Å². The van der Waals surface area contributed by atoms with Crippen LogP contribution in [0, 0.1) is 10.1 Å². The minimum Gasteiger partial charge on any atom is -0.365 e. The molecule has 1 aromatic rings. The van der Waals surface area contributed by atoms with E-state index in [2.05, 4.69) is 15.5 Å². The van der Waals surface area contributed by atoms with Crippen molar-refractivity contribution in [3.8, 4) is 0 Å². The van der Waals surface area contributed by atoms with Crippen LogP contribution in [0.15, 0.2) is 24.3 Å². The molecule has 1 fully saturated rings. The molecule has 80 valence electrons. The summed E-state index contributed by atoms with van der Waals surface area (Å²) in [5.41, 5.74) is 0.938. The summed E-state index contributed by atoms with van der Waals surface area (Å²) in [6.45, 7) is 2.10. The fourth-order valence-corrected chi connectivity index (χ4v) is 1.52. The summed E-state index contributed by atoms with van der Waals surface area (Å²) in [7, 11) is 0. The summed E-state index contributed by atoms with van der Waals surface area (Å²) in [6.07, 6.45) is 2.65. The first-order valence-corrected chi connectivity index (χ1v) is 4.58. The Morgan fingerprint density at radius 2 is 2.60 bits per heavy atom. The van der Waals surface area contributed by atoms with Crippen molar-refractivity contribution in [1.82, 2.24) is 20.4 Å². The highest BCUT2D eigenvalue weighted by Gasteiger charge is 2.19. The van der Waals surface area contributed by atoms with Gasteiger partial charge in [-0.25, -0.2) is 0 Å². The van der Waals surface area contributed by atoms with Crippen molar-refractivity contribution in [3.63, 3.8) is 0 Å². The normalized spacial score (nSPS) is 18.1. The van der Waals surface area contributed by atoms with E-state index in [1.165, 1.54) is 0 Å². The molecular formula is C8H11N5O2. The van der Waals surface area contributed by atoms with Gasteiger partial charge in [0.25, 0.3) is 6.20 Å². The number of hydrogen-bond acceptors (Lipinski definition) is 5. The molecule has 7 heteroatoms. The van der Waals surface area contributed by atoms with E-state index in [1.54, 1.807) is 6.20 Å². The molecule has 1 saturated heterocycles. The van der Waals surface area contributed by atoms with Crippen molar-refractivity contribution in [3.05, 3.63) is 40.1 Å². The highest BCUT2D eigenvalue weighted by Crippen LogP contribution is 2.10. The second-order valence-corrected chi connectivity index (χ2v) is 3.23. The summed E-state index contributed by atoms with van der Waals surface area (Å²) in [4.78, 5) is 11.8. The molecule has 2 rings (SSSR count). The van der Waals surface area contributed by atoms with E-state index in [9.17, 15) is 10.1 Å². The summed E-state index contributed by atoms with van der Waals surface area (Å²) >= 11 is 0. The Morgan fingerprint density at radius 3 is 3.27 bits per heavy atom. The van der Waals surface area contributed by atoms with Crippen molar-refractivity contribution in [2.24, 2.45) is 0 Å². The molecule has 7 nitrogen and oxygen atoms in total. The van der Waals surface area contributed by atoms with Gasteiger partial charge in [0, 0.05) is 19.3 Å². The van der Waals surface area contributed by atoms with Gasteiger partial charge in [0.05, 0.1) is 17.2 Å². The lowest BCUT2D eigenvalue weighted by molar-refractivity contribution is -0.404. The molecule has 2 heterocycles. The lowest BCUT2D eigenvalue weighted by atomic mass is 10.4. The average Bonchev–Trinajstić information content (AvgIpc) is 2.78. The fourth-order valence-electron chi connectivity index (χ4n) is 1.52. The van der Waals surface area contributed by atoms with Crippen LogP contribution in [0.25, 0.3) is 0 Å². The monoisotopic (exact) mass is 209 g/mol. The maximum atomic E-state index is 10.3. The van der Waals surface area contributed by atoms with E-state index in [-0.39, 0.29) is 0 Å². The van der Waals surface area contributed by atoms with Gasteiger partial charge in [0.2, 0.25) is 0 Å². The lowest BCUT2D eigenvalue weighted by Gasteiger charge is -2.15. The molecule has 0 saturated carbocycles. The van der Waals surface area contributed by atoms with E-state index < -0.39 is 4.92 Å². The molecule has 0 bridgehead atoms. The zero-order valence-corrected chi connectivity index (χ0v) is 8.01. The third-order valence-corrected chi connectivity index (χ3v) is 2.18. The van der Waals surface area contributed by atoms with Crippen molar-refractivity contribution >= 4 is 0 Å². The first kappa shape index (κ1) is 9.50. The van der Waals surface area contributed by atoms with Crippen LogP contribution in [-0.2, 0) is 6.54 Å². The molecule has 0 atom stereocenters. The van der Waals surface area contributed by atoms with Crippen LogP contribution in [-0.4, -0.2) is 33.1 Å². The first-order valence-electron chi connectivity index (χ1n) is 4.58. The molecule has 2 N–H and O–H groups in total. The van der Waals surface area contributed by atoms with Gasteiger partial charge in [-0.2, -0.15) is 5.10 Å². The SMILES string of the molecule is O=[N+]([O-])/C=C1\NCCN1Cc1ccn[nH]1. The molecular weight excluding hydrogens is 198 g/mol. The molecule has 1 aliphatic heterocycles. The Hall–Kier alpha value is -2.05. The second kappa shape index (κ2) is 3.99. The van der Waals surface area contributed by atoms with Gasteiger partial charge < -0.3 is 10.2 Å². The number of hydrogen-bond donors (Lipinski definition) is 2. The molecule has 0 spiro atoms. The van der Waals surface area contributed by atoms with Crippen molar-refractivity contribution in [2.45, 2.75) is 6.54 Å². The lowest BCUT2D eigenvalue weighted by Crippen LogP contribution is -2.20. The predicted molar refractivity (Wildman–Crippen MR) is 52.1 cm³/mol. The number of H-pyrrole nitrogens is 1. The Labute approximate surface area is 85.9 Å². The van der Waals surface area contributed by atoms with Crippen LogP contribution in [0.1, 0.15) is 5.69 Å². The van der Waals surface area contributed by atoms with Gasteiger partial charge in [-0.3, -0.25) is 15.2 Å². The Bertz CT molecular complexity index is 372. The highest BCUT2D eigenvalue weighted by atomic mass is 16.6. The second-order valence-electron chi connectivity index (χ2n) is 3.23. The van der Waals surface area contributed by atoms with Crippen molar-refractivity contribution in [2.75, 3.05) is 13.1 Å². The molecule has 0 amide bonds. The third kappa shape index (κ3) is 2.25. The number of rotatable bonds is 3. The van der Waals surface area contributed by atoms with Gasteiger partial charge in [-0.15, -0.1) is 0 Å². The zero-order valence-electron chi connectivity index (χ0n) is 8.01. The summed E-state index contributed by atoms with van der Waals surface area (Å²) in [5.74, 6) is 0.551. The van der Waals surface area contributed by atoms with Crippen LogP contribution in [0.2, 0.25) is 0 Å². The van der Waals surface area contributed by atoms with Gasteiger partial charge in [0.15, 0.2) is 5.82 Å². The number of nitrogens with zero attached hydrogens (tertiary/aromatic N) is 3. The highest BCUT2D eigenvalue weighted by molar-refractivity contribution is 5.05. The molecule has 0 radical (unpaired) electrons. The molecule has 15 heavy (non-hydrogen) atoms. The number of nitro groups is 1. The van der Waals surface area contributed by atoms with Gasteiger partial charge in [0.1, 0.15) is 0 Å². The fraction of sp³-hybridized carbons (Fsp3) is 0.375. The average molecular weight is 209 g/mol. The van der Waals surface area contributed by atoms with Crippen LogP contribution in [0.5, 0.6) is 0 Å². The summed E-state index contributed by atoms with van der Waals surface area (Å²) in [5, 5.41) is 20.0. The van der Waals surface area contributed by atoms with Crippen LogP contribution in [0.3, 0.4) is 0 Å². The predicted octanol–water partition coefficient (Wildman–Crippen LogP) is -0.110. The topological polar surface area (TPSA) is 87.1 Å². The van der Waals surface area contributed by atoms with Crippen molar-refractivity contribution in [1.29, 1.82) is 0 Å². The van der Waals surface area contributed by atoms with Crippen LogP contribution in [0.4, 0.5) is 0 Å². The Kier molecular flexibility index (Phi) is 2.53. The smallest absolute Gasteiger partial charge is 0.274 e.